The van der Waals surface area contributed by atoms with Gasteiger partial charge in [-0.3, -0.25) is 4.79 Å². The molecule has 4 nitrogen and oxygen atoms in total. The summed E-state index contributed by atoms with van der Waals surface area (Å²) in [5.74, 6) is 0.593. The van der Waals surface area contributed by atoms with Crippen LogP contribution in [-0.4, -0.2) is 17.2 Å². The molecule has 0 unspecified atom stereocenters. The largest absolute Gasteiger partial charge is 0.491 e. The molecule has 3 rings (SSSR count). The predicted molar refractivity (Wildman–Crippen MR) is 104 cm³/mol. The molecule has 0 radical (unpaired) electrons. The molecule has 26 heavy (non-hydrogen) atoms. The van der Waals surface area contributed by atoms with Crippen molar-refractivity contribution in [1.29, 1.82) is 0 Å². The summed E-state index contributed by atoms with van der Waals surface area (Å²) in [7, 11) is 1.53. The summed E-state index contributed by atoms with van der Waals surface area (Å²) in [4.78, 5) is 16.1. The summed E-state index contributed by atoms with van der Waals surface area (Å²) < 4.78 is 5.29. The fraction of sp³-hybridized carbons (Fsp3) is 0.500. The Morgan fingerprint density at radius 3 is 2.65 bits per heavy atom. The van der Waals surface area contributed by atoms with Crippen LogP contribution >= 0.6 is 0 Å². The third-order valence-corrected chi connectivity index (χ3v) is 5.50. The second-order valence-corrected chi connectivity index (χ2v) is 7.31. The maximum absolute atomic E-state index is 12.8. The van der Waals surface area contributed by atoms with Crippen LogP contribution in [0.25, 0.3) is 0 Å². The number of aromatic amines is 1. The van der Waals surface area contributed by atoms with Crippen molar-refractivity contribution in [1.82, 2.24) is 4.98 Å². The van der Waals surface area contributed by atoms with Gasteiger partial charge in [-0.05, 0) is 50.5 Å². The molecular weight excluding hydrogens is 326 g/mol. The normalized spacial score (nSPS) is 19.2. The number of aromatic nitrogens is 1. The fourth-order valence-electron chi connectivity index (χ4n) is 4.13. The van der Waals surface area contributed by atoms with Crippen LogP contribution in [0.15, 0.2) is 35.1 Å². The first-order valence-electron chi connectivity index (χ1n) is 9.64. The van der Waals surface area contributed by atoms with Crippen molar-refractivity contribution in [3.63, 3.8) is 0 Å². The van der Waals surface area contributed by atoms with Gasteiger partial charge in [-0.25, -0.2) is 0 Å². The SMILES string of the molecule is COc1c(C)[nH]c2c(c1=O)[C@@H](CCCCCc1ccccc1)CC[C@H]2O. The number of hydrogen-bond acceptors (Lipinski definition) is 3. The van der Waals surface area contributed by atoms with Crippen molar-refractivity contribution in [3.8, 4) is 5.75 Å². The number of aliphatic hydroxyl groups is 1. The van der Waals surface area contributed by atoms with Crippen LogP contribution < -0.4 is 10.2 Å². The number of aliphatic hydroxyl groups excluding tert-OH is 1. The summed E-state index contributed by atoms with van der Waals surface area (Å²) in [6.07, 6.45) is 6.52. The first-order chi connectivity index (χ1) is 12.6. The Morgan fingerprint density at radius 2 is 1.92 bits per heavy atom. The van der Waals surface area contributed by atoms with Crippen LogP contribution in [0, 0.1) is 6.92 Å². The zero-order chi connectivity index (χ0) is 18.5. The van der Waals surface area contributed by atoms with E-state index in [9.17, 15) is 9.90 Å². The van der Waals surface area contributed by atoms with Gasteiger partial charge in [0.2, 0.25) is 5.43 Å². The Hall–Kier alpha value is -2.07. The van der Waals surface area contributed by atoms with Crippen LogP contribution in [0.1, 0.15) is 73.1 Å². The third kappa shape index (κ3) is 4.01. The van der Waals surface area contributed by atoms with Gasteiger partial charge in [-0.2, -0.15) is 0 Å². The van der Waals surface area contributed by atoms with E-state index in [1.165, 1.54) is 19.1 Å². The standard InChI is InChI=1S/C22H29NO3/c1-15-22(26-2)21(25)19-17(13-14-18(24)20(19)23-15)12-8-4-7-11-16-9-5-3-6-10-16/h3,5-6,9-10,17-18,24H,4,7-8,11-14H2,1-2H3,(H,23,25)/t17-,18+/m0/s1. The summed E-state index contributed by atoms with van der Waals surface area (Å²) in [5, 5.41) is 10.3. The highest BCUT2D eigenvalue weighted by atomic mass is 16.5. The molecule has 0 aliphatic heterocycles. The zero-order valence-electron chi connectivity index (χ0n) is 15.8. The highest BCUT2D eigenvalue weighted by Gasteiger charge is 2.30. The van der Waals surface area contributed by atoms with Gasteiger partial charge >= 0.3 is 0 Å². The summed E-state index contributed by atoms with van der Waals surface area (Å²) >= 11 is 0. The molecule has 2 atom stereocenters. The van der Waals surface area contributed by atoms with Crippen LogP contribution in [0.2, 0.25) is 0 Å². The van der Waals surface area contributed by atoms with E-state index in [-0.39, 0.29) is 11.3 Å². The zero-order valence-corrected chi connectivity index (χ0v) is 15.8. The Bertz CT molecular complexity index is 782. The van der Waals surface area contributed by atoms with Gasteiger partial charge in [0.05, 0.1) is 24.6 Å². The van der Waals surface area contributed by atoms with Crippen molar-refractivity contribution in [2.75, 3.05) is 7.11 Å². The second kappa shape index (κ2) is 8.54. The van der Waals surface area contributed by atoms with E-state index in [0.717, 1.165) is 37.7 Å². The lowest BCUT2D eigenvalue weighted by Crippen LogP contribution is -2.26. The number of H-pyrrole nitrogens is 1. The van der Waals surface area contributed by atoms with E-state index >= 15 is 0 Å². The second-order valence-electron chi connectivity index (χ2n) is 7.31. The quantitative estimate of drug-likeness (QED) is 0.723. The van der Waals surface area contributed by atoms with Crippen LogP contribution in [0.3, 0.4) is 0 Å². The number of pyridine rings is 1. The van der Waals surface area contributed by atoms with E-state index in [0.29, 0.717) is 23.6 Å². The lowest BCUT2D eigenvalue weighted by molar-refractivity contribution is 0.143. The molecule has 1 aliphatic rings. The Morgan fingerprint density at radius 1 is 1.15 bits per heavy atom. The summed E-state index contributed by atoms with van der Waals surface area (Å²) in [5.41, 5.74) is 3.48. The number of fused-ring (bicyclic) bond motifs is 1. The van der Waals surface area contributed by atoms with Crippen LogP contribution in [0.4, 0.5) is 0 Å². The minimum Gasteiger partial charge on any atom is -0.491 e. The summed E-state index contributed by atoms with van der Waals surface area (Å²) in [6.45, 7) is 1.82. The average molecular weight is 355 g/mol. The molecule has 0 spiro atoms. The predicted octanol–water partition coefficient (Wildman–Crippen LogP) is 4.41. The number of ether oxygens (including phenoxy) is 1. The van der Waals surface area contributed by atoms with Gasteiger partial charge in [0.1, 0.15) is 0 Å². The molecule has 2 aromatic rings. The lowest BCUT2D eigenvalue weighted by Gasteiger charge is -2.29. The number of nitrogens with one attached hydrogen (secondary N) is 1. The minimum absolute atomic E-state index is 0.0493. The maximum atomic E-state index is 12.8. The van der Waals surface area contributed by atoms with Gasteiger partial charge in [0, 0.05) is 5.56 Å². The Labute approximate surface area is 155 Å². The number of aryl methyl sites for hydroxylation is 2. The van der Waals surface area contributed by atoms with Gasteiger partial charge in [0.25, 0.3) is 0 Å². The number of hydrogen-bond donors (Lipinski definition) is 2. The molecule has 140 valence electrons. The van der Waals surface area contributed by atoms with Crippen molar-refractivity contribution in [2.45, 2.75) is 63.9 Å². The molecule has 4 heteroatoms. The number of benzene rings is 1. The topological polar surface area (TPSA) is 62.3 Å². The molecule has 1 heterocycles. The molecule has 0 saturated carbocycles. The maximum Gasteiger partial charge on any atom is 0.227 e. The third-order valence-electron chi connectivity index (χ3n) is 5.50. The number of unbranched alkanes of at least 4 members (excludes halogenated alkanes) is 2. The first kappa shape index (κ1) is 18.7. The van der Waals surface area contributed by atoms with E-state index < -0.39 is 6.10 Å². The molecule has 1 aliphatic carbocycles. The van der Waals surface area contributed by atoms with E-state index in [1.54, 1.807) is 0 Å². The Balaban J connectivity index is 1.63. The minimum atomic E-state index is -0.573. The number of rotatable bonds is 7. The highest BCUT2D eigenvalue weighted by Crippen LogP contribution is 2.38. The molecule has 1 aromatic carbocycles. The van der Waals surface area contributed by atoms with E-state index in [2.05, 4.69) is 29.2 Å². The average Bonchev–Trinajstić information content (AvgIpc) is 2.64. The monoisotopic (exact) mass is 355 g/mol. The molecule has 0 amide bonds. The molecule has 0 saturated heterocycles. The van der Waals surface area contributed by atoms with Gasteiger partial charge in [0.15, 0.2) is 5.75 Å². The highest BCUT2D eigenvalue weighted by molar-refractivity contribution is 5.39. The van der Waals surface area contributed by atoms with Crippen molar-refractivity contribution in [2.24, 2.45) is 0 Å². The van der Waals surface area contributed by atoms with Gasteiger partial charge < -0.3 is 14.8 Å². The summed E-state index contributed by atoms with van der Waals surface area (Å²) in [6, 6.07) is 10.6. The van der Waals surface area contributed by atoms with Crippen LogP contribution in [0.5, 0.6) is 5.75 Å². The van der Waals surface area contributed by atoms with Crippen molar-refractivity contribution < 1.29 is 9.84 Å². The Kier molecular flexibility index (Phi) is 6.15. The molecular formula is C22H29NO3. The van der Waals surface area contributed by atoms with Crippen molar-refractivity contribution >= 4 is 0 Å². The molecule has 0 bridgehead atoms. The van der Waals surface area contributed by atoms with E-state index in [4.69, 9.17) is 4.74 Å². The van der Waals surface area contributed by atoms with Crippen LogP contribution in [-0.2, 0) is 6.42 Å². The van der Waals surface area contributed by atoms with Gasteiger partial charge in [-0.1, -0.05) is 43.2 Å². The first-order valence-corrected chi connectivity index (χ1v) is 9.64. The smallest absolute Gasteiger partial charge is 0.227 e. The molecule has 0 fully saturated rings. The van der Waals surface area contributed by atoms with Crippen molar-refractivity contribution in [3.05, 3.63) is 63.1 Å². The fourth-order valence-corrected chi connectivity index (χ4v) is 4.13. The van der Waals surface area contributed by atoms with E-state index in [1.807, 2.05) is 13.0 Å². The molecule has 1 aromatic heterocycles. The molecule has 2 N–H and O–H groups in total. The van der Waals surface area contributed by atoms with Gasteiger partial charge in [-0.15, -0.1) is 0 Å². The number of methoxy groups -OCH3 is 1. The lowest BCUT2D eigenvalue weighted by atomic mass is 9.80.